The van der Waals surface area contributed by atoms with Crippen LogP contribution in [0.1, 0.15) is 11.1 Å². The molecular formula is C20H19N5. The highest BCUT2D eigenvalue weighted by Crippen LogP contribution is 2.31. The average Bonchev–Trinajstić information content (AvgIpc) is 3.17. The van der Waals surface area contributed by atoms with Gasteiger partial charge < -0.3 is 9.30 Å². The van der Waals surface area contributed by atoms with Crippen molar-refractivity contribution in [3.05, 3.63) is 60.0 Å². The van der Waals surface area contributed by atoms with Crippen molar-refractivity contribution in [2.75, 3.05) is 14.1 Å². The van der Waals surface area contributed by atoms with Gasteiger partial charge in [-0.2, -0.15) is 0 Å². The molecule has 0 fully saturated rings. The number of hydrogen-bond acceptors (Lipinski definition) is 3. The van der Waals surface area contributed by atoms with Gasteiger partial charge >= 0.3 is 0 Å². The third-order valence-electron chi connectivity index (χ3n) is 4.90. The maximum atomic E-state index is 4.43. The van der Waals surface area contributed by atoms with E-state index in [1.165, 1.54) is 27.5 Å². The summed E-state index contributed by atoms with van der Waals surface area (Å²) in [7, 11) is 4.20. The fourth-order valence-electron chi connectivity index (χ4n) is 3.92. The van der Waals surface area contributed by atoms with Crippen LogP contribution in [0.5, 0.6) is 0 Å². The first-order valence-corrected chi connectivity index (χ1v) is 8.43. The van der Waals surface area contributed by atoms with E-state index in [9.17, 15) is 0 Å². The van der Waals surface area contributed by atoms with Crippen LogP contribution in [0.15, 0.2) is 48.9 Å². The molecule has 0 N–H and O–H groups in total. The van der Waals surface area contributed by atoms with E-state index >= 15 is 0 Å². The van der Waals surface area contributed by atoms with Gasteiger partial charge in [0.1, 0.15) is 6.33 Å². The molecule has 25 heavy (non-hydrogen) atoms. The maximum Gasteiger partial charge on any atom is 0.170 e. The molecule has 0 amide bonds. The van der Waals surface area contributed by atoms with Crippen LogP contribution in [-0.4, -0.2) is 38.0 Å². The molecule has 0 saturated heterocycles. The summed E-state index contributed by atoms with van der Waals surface area (Å²) in [6.07, 6.45) is 4.05. The van der Waals surface area contributed by atoms with E-state index in [1.807, 2.05) is 6.33 Å². The Balaban J connectivity index is 2.17. The van der Waals surface area contributed by atoms with Crippen LogP contribution in [0, 0.1) is 6.92 Å². The Hall–Kier alpha value is -2.92. The lowest BCUT2D eigenvalue weighted by atomic mass is 10.1. The molecule has 5 heteroatoms. The van der Waals surface area contributed by atoms with E-state index in [0.29, 0.717) is 0 Å². The van der Waals surface area contributed by atoms with Gasteiger partial charge in [-0.05, 0) is 44.3 Å². The number of para-hydroxylation sites is 2. The lowest BCUT2D eigenvalue weighted by Gasteiger charge is -2.12. The summed E-state index contributed by atoms with van der Waals surface area (Å²) in [5, 5.41) is 11.0. The molecule has 0 aliphatic rings. The van der Waals surface area contributed by atoms with Crippen molar-refractivity contribution < 1.29 is 0 Å². The van der Waals surface area contributed by atoms with Crippen LogP contribution in [0.3, 0.4) is 0 Å². The van der Waals surface area contributed by atoms with Crippen LogP contribution in [-0.2, 0) is 6.54 Å². The number of rotatable bonds is 2. The minimum Gasteiger partial charge on any atom is -0.313 e. The second-order valence-electron chi connectivity index (χ2n) is 6.93. The molecule has 0 aliphatic heterocycles. The first-order valence-electron chi connectivity index (χ1n) is 8.43. The van der Waals surface area contributed by atoms with Crippen LogP contribution in [0.2, 0.25) is 0 Å². The highest BCUT2D eigenvalue weighted by molar-refractivity contribution is 6.06. The van der Waals surface area contributed by atoms with Crippen molar-refractivity contribution in [3.63, 3.8) is 0 Å². The summed E-state index contributed by atoms with van der Waals surface area (Å²) in [4.78, 5) is 2.20. The van der Waals surface area contributed by atoms with E-state index in [0.717, 1.165) is 23.1 Å². The molecule has 0 radical (unpaired) electrons. The zero-order valence-electron chi connectivity index (χ0n) is 14.6. The molecular weight excluding hydrogens is 310 g/mol. The SMILES string of the molecule is Cc1cn2c3c(CN(C)C)cccc3n3cnnc3c3cccc1c32. The topological polar surface area (TPSA) is 37.8 Å². The predicted molar refractivity (Wildman–Crippen MR) is 101 cm³/mol. The highest BCUT2D eigenvalue weighted by atomic mass is 15.2. The Labute approximate surface area is 145 Å². The number of fused-ring (bicyclic) bond motifs is 5. The van der Waals surface area contributed by atoms with E-state index in [-0.39, 0.29) is 0 Å². The second-order valence-corrected chi connectivity index (χ2v) is 6.93. The number of benzene rings is 2. The minimum absolute atomic E-state index is 0.877. The first kappa shape index (κ1) is 14.4. The summed E-state index contributed by atoms with van der Waals surface area (Å²) < 4.78 is 4.44. The summed E-state index contributed by atoms with van der Waals surface area (Å²) in [5.74, 6) is 0. The molecule has 124 valence electrons. The summed E-state index contributed by atoms with van der Waals surface area (Å²) in [5.41, 5.74) is 6.99. The maximum absolute atomic E-state index is 4.43. The fraction of sp³-hybridized carbons (Fsp3) is 0.200. The van der Waals surface area contributed by atoms with Gasteiger partial charge in [-0.3, -0.25) is 4.40 Å². The quantitative estimate of drug-likeness (QED) is 0.496. The normalized spacial score (nSPS) is 12.3. The molecule has 2 aromatic carbocycles. The minimum atomic E-state index is 0.877. The van der Waals surface area contributed by atoms with Gasteiger partial charge in [0, 0.05) is 23.5 Å². The Bertz CT molecular complexity index is 1260. The van der Waals surface area contributed by atoms with E-state index in [2.05, 4.69) is 87.5 Å². The molecule has 5 rings (SSSR count). The van der Waals surface area contributed by atoms with Crippen molar-refractivity contribution in [2.45, 2.75) is 13.5 Å². The Morgan fingerprint density at radius 2 is 1.76 bits per heavy atom. The van der Waals surface area contributed by atoms with Crippen molar-refractivity contribution in [3.8, 4) is 0 Å². The van der Waals surface area contributed by atoms with E-state index < -0.39 is 0 Å². The second kappa shape index (κ2) is 5.04. The Morgan fingerprint density at radius 3 is 2.60 bits per heavy atom. The first-order chi connectivity index (χ1) is 12.1. The predicted octanol–water partition coefficient (Wildman–Crippen LogP) is 3.66. The lowest BCUT2D eigenvalue weighted by Crippen LogP contribution is -2.11. The molecule has 3 heterocycles. The van der Waals surface area contributed by atoms with Crippen molar-refractivity contribution >= 4 is 33.0 Å². The molecule has 0 saturated carbocycles. The van der Waals surface area contributed by atoms with Gasteiger partial charge in [0.2, 0.25) is 0 Å². The molecule has 0 bridgehead atoms. The zero-order chi connectivity index (χ0) is 17.1. The number of aryl methyl sites for hydroxylation is 1. The molecule has 0 atom stereocenters. The third kappa shape index (κ3) is 1.93. The molecule has 5 aromatic rings. The monoisotopic (exact) mass is 329 g/mol. The van der Waals surface area contributed by atoms with Crippen molar-refractivity contribution in [1.29, 1.82) is 0 Å². The van der Waals surface area contributed by atoms with Crippen molar-refractivity contribution in [2.24, 2.45) is 0 Å². The molecule has 3 aromatic heterocycles. The van der Waals surface area contributed by atoms with Crippen LogP contribution in [0.25, 0.3) is 33.0 Å². The Kier molecular flexibility index (Phi) is 2.91. The summed E-state index contributed by atoms with van der Waals surface area (Å²) in [6.45, 7) is 3.05. The van der Waals surface area contributed by atoms with Gasteiger partial charge in [-0.15, -0.1) is 10.2 Å². The highest BCUT2D eigenvalue weighted by Gasteiger charge is 2.15. The lowest BCUT2D eigenvalue weighted by molar-refractivity contribution is 0.404. The van der Waals surface area contributed by atoms with Crippen LogP contribution >= 0.6 is 0 Å². The number of aromatic nitrogens is 4. The fourth-order valence-corrected chi connectivity index (χ4v) is 3.92. The molecule has 0 unspecified atom stereocenters. The van der Waals surface area contributed by atoms with E-state index in [4.69, 9.17) is 0 Å². The van der Waals surface area contributed by atoms with Crippen molar-refractivity contribution in [1.82, 2.24) is 23.9 Å². The van der Waals surface area contributed by atoms with E-state index in [1.54, 1.807) is 0 Å². The standard InChI is InChI=1S/C20H19N5/c1-13-10-24-18-14(11-23(2)3)6-4-9-17(18)25-12-21-22-20(25)16-8-5-7-15(13)19(16)24/h4-10,12H,11H2,1-3H3. The molecule has 0 spiro atoms. The molecule has 0 aliphatic carbocycles. The smallest absolute Gasteiger partial charge is 0.170 e. The van der Waals surface area contributed by atoms with Gasteiger partial charge in [-0.1, -0.05) is 24.3 Å². The number of nitrogens with zero attached hydrogens (tertiary/aromatic N) is 5. The van der Waals surface area contributed by atoms with Gasteiger partial charge in [0.15, 0.2) is 5.65 Å². The average molecular weight is 329 g/mol. The van der Waals surface area contributed by atoms with Gasteiger partial charge in [0.25, 0.3) is 0 Å². The van der Waals surface area contributed by atoms with Crippen LogP contribution in [0.4, 0.5) is 0 Å². The largest absolute Gasteiger partial charge is 0.313 e. The Morgan fingerprint density at radius 1 is 0.960 bits per heavy atom. The van der Waals surface area contributed by atoms with Gasteiger partial charge in [-0.25, -0.2) is 0 Å². The van der Waals surface area contributed by atoms with Crippen LogP contribution < -0.4 is 0 Å². The van der Waals surface area contributed by atoms with Gasteiger partial charge in [0.05, 0.1) is 16.6 Å². The summed E-state index contributed by atoms with van der Waals surface area (Å²) >= 11 is 0. The third-order valence-corrected chi connectivity index (χ3v) is 4.90. The number of hydrogen-bond donors (Lipinski definition) is 0. The zero-order valence-corrected chi connectivity index (χ0v) is 14.6. The molecule has 5 nitrogen and oxygen atoms in total. The summed E-state index contributed by atoms with van der Waals surface area (Å²) in [6, 6.07) is 12.9.